The first-order chi connectivity index (χ1) is 18.2. The minimum Gasteiger partial charge on any atom is -0.395 e. The Labute approximate surface area is 214 Å². The van der Waals surface area contributed by atoms with Gasteiger partial charge in [0.25, 0.3) is 5.56 Å². The van der Waals surface area contributed by atoms with Gasteiger partial charge in [-0.2, -0.15) is 18.3 Å². The Hall–Kier alpha value is -4.58. The van der Waals surface area contributed by atoms with Crippen molar-refractivity contribution in [1.82, 2.24) is 29.3 Å². The van der Waals surface area contributed by atoms with E-state index in [9.17, 15) is 18.0 Å². The molecule has 0 saturated carbocycles. The fourth-order valence-corrected chi connectivity index (χ4v) is 4.00. The average Bonchev–Trinajstić information content (AvgIpc) is 3.29. The minimum absolute atomic E-state index is 0.0379. The number of alkyl halides is 3. The predicted octanol–water partition coefficient (Wildman–Crippen LogP) is 3.53. The van der Waals surface area contributed by atoms with Gasteiger partial charge in [-0.1, -0.05) is 0 Å². The molecule has 0 amide bonds. The molecule has 0 aliphatic rings. The largest absolute Gasteiger partial charge is 0.416 e. The molecular formula is C26H22F3N7O2. The summed E-state index contributed by atoms with van der Waals surface area (Å²) in [5.74, 6) is 0.439. The summed E-state index contributed by atoms with van der Waals surface area (Å²) in [4.78, 5) is 27.7. The summed E-state index contributed by atoms with van der Waals surface area (Å²) in [7, 11) is 1.76. The van der Waals surface area contributed by atoms with Crippen LogP contribution in [0.25, 0.3) is 28.0 Å². The van der Waals surface area contributed by atoms with Crippen molar-refractivity contribution in [2.75, 3.05) is 25.1 Å². The third kappa shape index (κ3) is 4.98. The molecule has 0 saturated heterocycles. The maximum atomic E-state index is 13.0. The van der Waals surface area contributed by atoms with Crippen molar-refractivity contribution in [1.29, 1.82) is 0 Å². The van der Waals surface area contributed by atoms with Gasteiger partial charge >= 0.3 is 6.18 Å². The maximum absolute atomic E-state index is 13.0. The first-order valence-electron chi connectivity index (χ1n) is 11.6. The number of aliphatic hydroxyl groups excluding tert-OH is 1. The number of hydrogen-bond acceptors (Lipinski definition) is 7. The summed E-state index contributed by atoms with van der Waals surface area (Å²) in [6.45, 7) is 0.549. The third-order valence-corrected chi connectivity index (χ3v) is 5.96. The molecule has 0 aliphatic heterocycles. The smallest absolute Gasteiger partial charge is 0.395 e. The van der Waals surface area contributed by atoms with Gasteiger partial charge in [0.1, 0.15) is 5.69 Å². The van der Waals surface area contributed by atoms with Gasteiger partial charge in [0.05, 0.1) is 30.1 Å². The van der Waals surface area contributed by atoms with Gasteiger partial charge in [-0.05, 0) is 48.5 Å². The average molecular weight is 522 g/mol. The quantitative estimate of drug-likeness (QED) is 0.350. The predicted molar refractivity (Wildman–Crippen MR) is 135 cm³/mol. The molecule has 4 heterocycles. The lowest BCUT2D eigenvalue weighted by Gasteiger charge is -2.16. The molecule has 5 rings (SSSR count). The summed E-state index contributed by atoms with van der Waals surface area (Å²) in [5, 5.41) is 14.4. The normalized spacial score (nSPS) is 11.7. The van der Waals surface area contributed by atoms with Crippen LogP contribution in [0, 0.1) is 0 Å². The molecule has 1 aromatic carbocycles. The van der Waals surface area contributed by atoms with Crippen molar-refractivity contribution >= 4 is 17.0 Å². The highest BCUT2D eigenvalue weighted by Gasteiger charge is 2.30. The Bertz CT molecular complexity index is 1650. The number of anilines is 1. The molecule has 4 aromatic heterocycles. The number of pyridine rings is 2. The Balaban J connectivity index is 1.48. The molecular weight excluding hydrogens is 499 g/mol. The van der Waals surface area contributed by atoms with E-state index in [0.29, 0.717) is 46.2 Å². The van der Waals surface area contributed by atoms with Crippen molar-refractivity contribution in [3.63, 3.8) is 0 Å². The van der Waals surface area contributed by atoms with Crippen LogP contribution in [0.3, 0.4) is 0 Å². The standard InChI is InChI=1S/C26H22F3N7O2/c1-34(13-14-37)25-31-11-8-19(32-25)16-35-12-9-17(15-22(35)38)23-21-3-2-10-30-24(21)36(33-23)20-6-4-18(5-7-20)26(27,28)29/h2-12,15,37H,13-14,16H2,1H3. The van der Waals surface area contributed by atoms with Crippen molar-refractivity contribution < 1.29 is 18.3 Å². The topological polar surface area (TPSA) is 102 Å². The lowest BCUT2D eigenvalue weighted by atomic mass is 10.1. The molecule has 0 aliphatic carbocycles. The zero-order valence-electron chi connectivity index (χ0n) is 20.2. The van der Waals surface area contributed by atoms with Crippen LogP contribution in [0.15, 0.2) is 78.0 Å². The van der Waals surface area contributed by atoms with Crippen LogP contribution in [0.5, 0.6) is 0 Å². The lowest BCUT2D eigenvalue weighted by Crippen LogP contribution is -2.24. The van der Waals surface area contributed by atoms with E-state index in [0.717, 1.165) is 12.1 Å². The van der Waals surface area contributed by atoms with Gasteiger partial charge in [-0.25, -0.2) is 19.6 Å². The number of hydrogen-bond donors (Lipinski definition) is 1. The van der Waals surface area contributed by atoms with E-state index in [-0.39, 0.29) is 18.7 Å². The molecule has 5 aromatic rings. The highest BCUT2D eigenvalue weighted by Crippen LogP contribution is 2.31. The highest BCUT2D eigenvalue weighted by molar-refractivity contribution is 5.91. The zero-order chi connectivity index (χ0) is 26.9. The summed E-state index contributed by atoms with van der Waals surface area (Å²) in [5.41, 5.74) is 1.46. The minimum atomic E-state index is -4.44. The third-order valence-electron chi connectivity index (χ3n) is 5.96. The van der Waals surface area contributed by atoms with Crippen LogP contribution in [0.2, 0.25) is 0 Å². The van der Waals surface area contributed by atoms with E-state index in [2.05, 4.69) is 20.1 Å². The number of likely N-dealkylation sites (N-methyl/N-ethyl adjacent to an activating group) is 1. The van der Waals surface area contributed by atoms with E-state index in [1.165, 1.54) is 27.4 Å². The van der Waals surface area contributed by atoms with Crippen LogP contribution in [-0.4, -0.2) is 54.6 Å². The summed E-state index contributed by atoms with van der Waals surface area (Å²) >= 11 is 0. The molecule has 194 valence electrons. The lowest BCUT2D eigenvalue weighted by molar-refractivity contribution is -0.137. The Morgan fingerprint density at radius 1 is 1.03 bits per heavy atom. The second kappa shape index (κ2) is 10.1. The number of nitrogens with zero attached hydrogens (tertiary/aromatic N) is 7. The van der Waals surface area contributed by atoms with Crippen LogP contribution >= 0.6 is 0 Å². The molecule has 0 unspecified atom stereocenters. The number of aliphatic hydroxyl groups is 1. The fraction of sp³-hybridized carbons (Fsp3) is 0.192. The van der Waals surface area contributed by atoms with Crippen LogP contribution in [0.1, 0.15) is 11.3 Å². The second-order valence-corrected chi connectivity index (χ2v) is 8.55. The molecule has 0 fully saturated rings. The van der Waals surface area contributed by atoms with E-state index in [1.54, 1.807) is 54.8 Å². The molecule has 12 heteroatoms. The van der Waals surface area contributed by atoms with Gasteiger partial charge < -0.3 is 14.6 Å². The van der Waals surface area contributed by atoms with Crippen molar-refractivity contribution in [2.24, 2.45) is 0 Å². The SMILES string of the molecule is CN(CCO)c1nccc(Cn2ccc(-c3nn(-c4ccc(C(F)(F)F)cc4)c4ncccc34)cc2=O)n1. The maximum Gasteiger partial charge on any atom is 0.416 e. The highest BCUT2D eigenvalue weighted by atomic mass is 19.4. The van der Waals surface area contributed by atoms with Crippen LogP contribution in [0.4, 0.5) is 19.1 Å². The number of benzene rings is 1. The van der Waals surface area contributed by atoms with Gasteiger partial charge in [0, 0.05) is 49.2 Å². The molecule has 0 spiro atoms. The molecule has 0 bridgehead atoms. The van der Waals surface area contributed by atoms with E-state index >= 15 is 0 Å². The fourth-order valence-electron chi connectivity index (χ4n) is 4.00. The summed E-state index contributed by atoms with van der Waals surface area (Å²) < 4.78 is 42.0. The van der Waals surface area contributed by atoms with Crippen LogP contribution in [-0.2, 0) is 12.7 Å². The molecule has 0 radical (unpaired) electrons. The van der Waals surface area contributed by atoms with Gasteiger partial charge in [0.2, 0.25) is 5.95 Å². The van der Waals surface area contributed by atoms with E-state index in [4.69, 9.17) is 5.11 Å². The first kappa shape index (κ1) is 25.1. The summed E-state index contributed by atoms with van der Waals surface area (Å²) in [6, 6.07) is 13.1. The second-order valence-electron chi connectivity index (χ2n) is 8.55. The van der Waals surface area contributed by atoms with Gasteiger partial charge in [0.15, 0.2) is 5.65 Å². The Morgan fingerprint density at radius 3 is 2.53 bits per heavy atom. The van der Waals surface area contributed by atoms with E-state index in [1.807, 2.05) is 0 Å². The summed E-state index contributed by atoms with van der Waals surface area (Å²) in [6.07, 6.45) is 0.356. The van der Waals surface area contributed by atoms with Gasteiger partial charge in [-0.3, -0.25) is 4.79 Å². The van der Waals surface area contributed by atoms with Crippen molar-refractivity contribution in [3.8, 4) is 16.9 Å². The molecule has 0 atom stereocenters. The van der Waals surface area contributed by atoms with Gasteiger partial charge in [-0.15, -0.1) is 0 Å². The zero-order valence-corrected chi connectivity index (χ0v) is 20.2. The monoisotopic (exact) mass is 521 g/mol. The first-order valence-corrected chi connectivity index (χ1v) is 11.6. The number of fused-ring (bicyclic) bond motifs is 1. The number of halogens is 3. The number of rotatable bonds is 7. The van der Waals surface area contributed by atoms with E-state index < -0.39 is 11.7 Å². The van der Waals surface area contributed by atoms with Crippen LogP contribution < -0.4 is 10.5 Å². The van der Waals surface area contributed by atoms with Crippen molar-refractivity contribution in [2.45, 2.75) is 12.7 Å². The van der Waals surface area contributed by atoms with Crippen molar-refractivity contribution in [3.05, 3.63) is 94.8 Å². The molecule has 9 nitrogen and oxygen atoms in total. The Morgan fingerprint density at radius 2 is 1.82 bits per heavy atom. The molecule has 1 N–H and O–H groups in total. The number of aromatic nitrogens is 6. The molecule has 38 heavy (non-hydrogen) atoms. The Kier molecular flexibility index (Phi) is 6.64.